The fraction of sp³-hybridized carbons (Fsp3) is 0.667. The van der Waals surface area contributed by atoms with Gasteiger partial charge in [-0.25, -0.2) is 4.79 Å². The lowest BCUT2D eigenvalue weighted by atomic mass is 10.3. The summed E-state index contributed by atoms with van der Waals surface area (Å²) in [5.41, 5.74) is 0. The molecule has 0 aromatic carbocycles. The molecule has 0 fully saturated rings. The van der Waals surface area contributed by atoms with Gasteiger partial charge in [-0.05, 0) is 0 Å². The molecule has 0 aliphatic heterocycles. The SMILES string of the molecule is COC[C@H](NC(C)=O)C(=O)O. The van der Waals surface area contributed by atoms with Gasteiger partial charge in [0, 0.05) is 14.0 Å². The summed E-state index contributed by atoms with van der Waals surface area (Å²) in [5.74, 6) is -1.48. The first-order valence-corrected chi connectivity index (χ1v) is 3.06. The largest absolute Gasteiger partial charge is 0.480 e. The van der Waals surface area contributed by atoms with Crippen LogP contribution < -0.4 is 5.32 Å². The molecule has 0 radical (unpaired) electrons. The molecule has 0 bridgehead atoms. The van der Waals surface area contributed by atoms with Crippen LogP contribution in [0.2, 0.25) is 0 Å². The molecular formula is C6H11NO4. The van der Waals surface area contributed by atoms with E-state index in [4.69, 9.17) is 5.11 Å². The van der Waals surface area contributed by atoms with Crippen molar-refractivity contribution < 1.29 is 19.4 Å². The molecule has 2 N–H and O–H groups in total. The average Bonchev–Trinajstić information content (AvgIpc) is 1.86. The van der Waals surface area contributed by atoms with E-state index in [0.29, 0.717) is 0 Å². The standard InChI is InChI=1S/C6H11NO4/c1-4(8)7-5(3-11-2)6(9)10/h5H,3H2,1-2H3,(H,7,8)(H,9,10)/t5-/m0/s1. The molecule has 0 spiro atoms. The number of carbonyl (C=O) groups is 2. The van der Waals surface area contributed by atoms with Gasteiger partial charge in [0.15, 0.2) is 6.04 Å². The molecule has 0 aliphatic carbocycles. The predicted molar refractivity (Wildman–Crippen MR) is 37.1 cm³/mol. The Kier molecular flexibility index (Phi) is 4.21. The van der Waals surface area contributed by atoms with Gasteiger partial charge in [0.05, 0.1) is 6.61 Å². The van der Waals surface area contributed by atoms with Crippen molar-refractivity contribution in [2.24, 2.45) is 0 Å². The van der Waals surface area contributed by atoms with Gasteiger partial charge in [0.25, 0.3) is 0 Å². The van der Waals surface area contributed by atoms with Crippen molar-refractivity contribution in [3.63, 3.8) is 0 Å². The Balaban J connectivity index is 3.89. The zero-order valence-corrected chi connectivity index (χ0v) is 6.46. The monoisotopic (exact) mass is 161 g/mol. The van der Waals surface area contributed by atoms with Crippen molar-refractivity contribution in [1.29, 1.82) is 0 Å². The Labute approximate surface area is 64.3 Å². The molecule has 5 heteroatoms. The van der Waals surface area contributed by atoms with Crippen LogP contribution in [0.15, 0.2) is 0 Å². The molecule has 5 nitrogen and oxygen atoms in total. The Morgan fingerprint density at radius 3 is 2.45 bits per heavy atom. The van der Waals surface area contributed by atoms with Gasteiger partial charge in [0.1, 0.15) is 0 Å². The van der Waals surface area contributed by atoms with Crippen LogP contribution in [-0.4, -0.2) is 36.7 Å². The second kappa shape index (κ2) is 4.68. The van der Waals surface area contributed by atoms with Crippen LogP contribution in [0.5, 0.6) is 0 Å². The normalized spacial score (nSPS) is 12.2. The number of carbonyl (C=O) groups excluding carboxylic acids is 1. The minimum Gasteiger partial charge on any atom is -0.480 e. The van der Waals surface area contributed by atoms with Gasteiger partial charge >= 0.3 is 5.97 Å². The van der Waals surface area contributed by atoms with Gasteiger partial charge in [-0.1, -0.05) is 0 Å². The minimum atomic E-state index is -1.10. The fourth-order valence-electron chi connectivity index (χ4n) is 0.587. The number of carboxylic acid groups (broad SMARTS) is 1. The second-order valence-electron chi connectivity index (χ2n) is 2.05. The van der Waals surface area contributed by atoms with E-state index in [2.05, 4.69) is 10.1 Å². The molecule has 0 rings (SSSR count). The van der Waals surface area contributed by atoms with Crippen molar-refractivity contribution in [3.8, 4) is 0 Å². The molecular weight excluding hydrogens is 150 g/mol. The molecule has 0 saturated heterocycles. The first-order valence-electron chi connectivity index (χ1n) is 3.06. The third-order valence-corrected chi connectivity index (χ3v) is 1.01. The summed E-state index contributed by atoms with van der Waals surface area (Å²) in [6.45, 7) is 1.24. The zero-order valence-electron chi connectivity index (χ0n) is 6.46. The number of carboxylic acids is 1. The van der Waals surface area contributed by atoms with Crippen LogP contribution in [0.1, 0.15) is 6.92 Å². The van der Waals surface area contributed by atoms with Crippen molar-refractivity contribution in [2.75, 3.05) is 13.7 Å². The highest BCUT2D eigenvalue weighted by Gasteiger charge is 2.17. The van der Waals surface area contributed by atoms with E-state index in [1.807, 2.05) is 0 Å². The molecule has 0 heterocycles. The fourth-order valence-corrected chi connectivity index (χ4v) is 0.587. The maximum atomic E-state index is 10.4. The molecule has 0 aliphatic rings. The molecule has 11 heavy (non-hydrogen) atoms. The van der Waals surface area contributed by atoms with Crippen molar-refractivity contribution >= 4 is 11.9 Å². The van der Waals surface area contributed by atoms with Crippen LogP contribution in [0, 0.1) is 0 Å². The maximum Gasteiger partial charge on any atom is 0.328 e. The summed E-state index contributed by atoms with van der Waals surface area (Å²) in [7, 11) is 1.37. The van der Waals surface area contributed by atoms with Gasteiger partial charge in [-0.3, -0.25) is 4.79 Å². The first kappa shape index (κ1) is 9.90. The lowest BCUT2D eigenvalue weighted by molar-refractivity contribution is -0.143. The topological polar surface area (TPSA) is 75.6 Å². The predicted octanol–water partition coefficient (Wildman–Crippen LogP) is -0.778. The lowest BCUT2D eigenvalue weighted by Gasteiger charge is -2.10. The van der Waals surface area contributed by atoms with Gasteiger partial charge < -0.3 is 15.2 Å². The van der Waals surface area contributed by atoms with E-state index in [0.717, 1.165) is 0 Å². The summed E-state index contributed by atoms with van der Waals surface area (Å²) >= 11 is 0. The number of hydrogen-bond donors (Lipinski definition) is 2. The number of aliphatic carboxylic acids is 1. The van der Waals surface area contributed by atoms with E-state index in [9.17, 15) is 9.59 Å². The molecule has 0 aromatic rings. The number of amides is 1. The number of nitrogens with one attached hydrogen (secondary N) is 1. The number of hydrogen-bond acceptors (Lipinski definition) is 3. The van der Waals surface area contributed by atoms with Gasteiger partial charge in [-0.15, -0.1) is 0 Å². The highest BCUT2D eigenvalue weighted by molar-refractivity contribution is 5.82. The lowest BCUT2D eigenvalue weighted by Crippen LogP contribution is -2.42. The van der Waals surface area contributed by atoms with Gasteiger partial charge in [0.2, 0.25) is 5.91 Å². The van der Waals surface area contributed by atoms with E-state index >= 15 is 0 Å². The summed E-state index contributed by atoms with van der Waals surface area (Å²) in [4.78, 5) is 20.7. The van der Waals surface area contributed by atoms with Crippen LogP contribution in [0.25, 0.3) is 0 Å². The smallest absolute Gasteiger partial charge is 0.328 e. The quantitative estimate of drug-likeness (QED) is 0.567. The summed E-state index contributed by atoms with van der Waals surface area (Å²) in [5, 5.41) is 10.7. The van der Waals surface area contributed by atoms with Crippen LogP contribution >= 0.6 is 0 Å². The Hall–Kier alpha value is -1.10. The summed E-state index contributed by atoms with van der Waals surface area (Å²) in [6.07, 6.45) is 0. The number of methoxy groups -OCH3 is 1. The zero-order chi connectivity index (χ0) is 8.85. The average molecular weight is 161 g/mol. The van der Waals surface area contributed by atoms with Crippen molar-refractivity contribution in [1.82, 2.24) is 5.32 Å². The van der Waals surface area contributed by atoms with Crippen molar-refractivity contribution in [3.05, 3.63) is 0 Å². The first-order chi connectivity index (χ1) is 5.07. The molecule has 0 unspecified atom stereocenters. The van der Waals surface area contributed by atoms with Gasteiger partial charge in [-0.2, -0.15) is 0 Å². The molecule has 0 saturated carbocycles. The maximum absolute atomic E-state index is 10.4. The van der Waals surface area contributed by atoms with Crippen LogP contribution in [-0.2, 0) is 14.3 Å². The number of rotatable bonds is 4. The third kappa shape index (κ3) is 4.32. The van der Waals surface area contributed by atoms with Crippen LogP contribution in [0.3, 0.4) is 0 Å². The van der Waals surface area contributed by atoms with E-state index < -0.39 is 12.0 Å². The highest BCUT2D eigenvalue weighted by atomic mass is 16.5. The van der Waals surface area contributed by atoms with Crippen LogP contribution in [0.4, 0.5) is 0 Å². The Bertz CT molecular complexity index is 157. The molecule has 1 amide bonds. The van der Waals surface area contributed by atoms with E-state index in [1.165, 1.54) is 14.0 Å². The van der Waals surface area contributed by atoms with E-state index in [1.54, 1.807) is 0 Å². The molecule has 64 valence electrons. The Morgan fingerprint density at radius 1 is 1.64 bits per heavy atom. The van der Waals surface area contributed by atoms with Crippen molar-refractivity contribution in [2.45, 2.75) is 13.0 Å². The molecule has 1 atom stereocenters. The molecule has 0 aromatic heterocycles. The Morgan fingerprint density at radius 2 is 2.18 bits per heavy atom. The second-order valence-corrected chi connectivity index (χ2v) is 2.05. The minimum absolute atomic E-state index is 0.0189. The summed E-state index contributed by atoms with van der Waals surface area (Å²) < 4.78 is 4.57. The highest BCUT2D eigenvalue weighted by Crippen LogP contribution is 1.84. The summed E-state index contributed by atoms with van der Waals surface area (Å²) in [6, 6.07) is -0.947. The third-order valence-electron chi connectivity index (χ3n) is 1.01. The van der Waals surface area contributed by atoms with E-state index in [-0.39, 0.29) is 12.5 Å². The number of ether oxygens (including phenoxy) is 1.